The number of rotatable bonds is 1. The van der Waals surface area contributed by atoms with E-state index in [0.717, 1.165) is 0 Å². The van der Waals surface area contributed by atoms with Crippen LogP contribution in [-0.4, -0.2) is 16.1 Å². The largest absolute Gasteiger partial charge is 0.477 e. The van der Waals surface area contributed by atoms with Gasteiger partial charge in [-0.1, -0.05) is 11.6 Å². The molecule has 1 aromatic rings. The molecule has 82 valence electrons. The van der Waals surface area contributed by atoms with Crippen molar-refractivity contribution in [2.75, 3.05) is 0 Å². The van der Waals surface area contributed by atoms with E-state index in [1.165, 1.54) is 0 Å². The Morgan fingerprint density at radius 3 is 2.40 bits per heavy atom. The first-order chi connectivity index (χ1) is 6.73. The van der Waals surface area contributed by atoms with Crippen LogP contribution in [0.25, 0.3) is 0 Å². The van der Waals surface area contributed by atoms with E-state index in [4.69, 9.17) is 16.7 Å². The summed E-state index contributed by atoms with van der Waals surface area (Å²) in [7, 11) is 0. The van der Waals surface area contributed by atoms with Crippen molar-refractivity contribution in [1.29, 1.82) is 0 Å². The Morgan fingerprint density at radius 1 is 1.47 bits per heavy atom. The number of carboxylic acids is 1. The van der Waals surface area contributed by atoms with Crippen LogP contribution in [0.4, 0.5) is 13.2 Å². The van der Waals surface area contributed by atoms with Gasteiger partial charge in [0.25, 0.3) is 5.56 Å². The fourth-order valence-electron chi connectivity index (χ4n) is 0.871. The maximum atomic E-state index is 12.1. The van der Waals surface area contributed by atoms with Gasteiger partial charge in [0.1, 0.15) is 11.3 Å². The molecular formula is C7H3ClF3NO3. The molecule has 0 aliphatic carbocycles. The van der Waals surface area contributed by atoms with Gasteiger partial charge in [-0.05, 0) is 6.07 Å². The molecule has 8 heteroatoms. The van der Waals surface area contributed by atoms with Crippen molar-refractivity contribution in [2.45, 2.75) is 6.18 Å². The van der Waals surface area contributed by atoms with E-state index in [0.29, 0.717) is 0 Å². The Labute approximate surface area is 85.3 Å². The average molecular weight is 242 g/mol. The molecule has 1 rings (SSSR count). The zero-order valence-electron chi connectivity index (χ0n) is 6.85. The van der Waals surface area contributed by atoms with Gasteiger partial charge in [0, 0.05) is 0 Å². The maximum Gasteiger partial charge on any atom is 0.421 e. The number of aromatic carboxylic acids is 1. The van der Waals surface area contributed by atoms with Crippen molar-refractivity contribution >= 4 is 17.6 Å². The average Bonchev–Trinajstić information content (AvgIpc) is 2.06. The van der Waals surface area contributed by atoms with Crippen molar-refractivity contribution in [3.63, 3.8) is 0 Å². The number of alkyl halides is 3. The first-order valence-corrected chi connectivity index (χ1v) is 3.84. The molecule has 0 aliphatic rings. The van der Waals surface area contributed by atoms with E-state index < -0.39 is 34.0 Å². The number of hydrogen-bond acceptors (Lipinski definition) is 2. The first kappa shape index (κ1) is 11.6. The van der Waals surface area contributed by atoms with Crippen molar-refractivity contribution < 1.29 is 23.1 Å². The van der Waals surface area contributed by atoms with E-state index in [9.17, 15) is 22.8 Å². The molecule has 4 nitrogen and oxygen atoms in total. The van der Waals surface area contributed by atoms with Crippen LogP contribution in [0.3, 0.4) is 0 Å². The monoisotopic (exact) mass is 241 g/mol. The number of aromatic nitrogens is 1. The summed E-state index contributed by atoms with van der Waals surface area (Å²) >= 11 is 5.25. The lowest BCUT2D eigenvalue weighted by Gasteiger charge is -2.06. The number of H-pyrrole nitrogens is 1. The highest BCUT2D eigenvalue weighted by molar-refractivity contribution is 6.33. The van der Waals surface area contributed by atoms with E-state index in [1.54, 1.807) is 4.98 Å². The summed E-state index contributed by atoms with van der Waals surface area (Å²) < 4.78 is 36.4. The highest BCUT2D eigenvalue weighted by Crippen LogP contribution is 2.28. The topological polar surface area (TPSA) is 70.2 Å². The maximum absolute atomic E-state index is 12.1. The molecule has 0 saturated heterocycles. The van der Waals surface area contributed by atoms with Gasteiger partial charge >= 0.3 is 12.1 Å². The van der Waals surface area contributed by atoms with Crippen LogP contribution in [-0.2, 0) is 6.18 Å². The van der Waals surface area contributed by atoms with E-state index in [-0.39, 0.29) is 6.07 Å². The lowest BCUT2D eigenvalue weighted by Crippen LogP contribution is -2.23. The number of aromatic amines is 1. The molecule has 2 N–H and O–H groups in total. The van der Waals surface area contributed by atoms with Gasteiger partial charge < -0.3 is 10.1 Å². The molecule has 0 unspecified atom stereocenters. The second-order valence-electron chi connectivity index (χ2n) is 2.54. The molecule has 0 spiro atoms. The lowest BCUT2D eigenvalue weighted by atomic mass is 10.2. The van der Waals surface area contributed by atoms with Gasteiger partial charge in [0.2, 0.25) is 0 Å². The summed E-state index contributed by atoms with van der Waals surface area (Å²) in [6, 6.07) is 0.282. The standard InChI is InChI=1S/C7H3ClF3NO3/c8-3-1-2(7(9,10)11)5(13)12-4(3)6(14)15/h1H,(H,12,13)(H,14,15). The molecule has 0 atom stereocenters. The minimum atomic E-state index is -4.87. The molecule has 0 amide bonds. The SMILES string of the molecule is O=C(O)c1[nH]c(=O)c(C(F)(F)F)cc1Cl. The molecule has 0 aliphatic heterocycles. The second-order valence-corrected chi connectivity index (χ2v) is 2.95. The molecule has 1 heterocycles. The van der Waals surface area contributed by atoms with Crippen LogP contribution in [0, 0.1) is 0 Å². The molecule has 15 heavy (non-hydrogen) atoms. The Morgan fingerprint density at radius 2 is 2.00 bits per heavy atom. The van der Waals surface area contributed by atoms with Crippen LogP contribution in [0.2, 0.25) is 5.02 Å². The predicted molar refractivity (Wildman–Crippen MR) is 44.0 cm³/mol. The Balaban J connectivity index is 3.46. The van der Waals surface area contributed by atoms with Crippen LogP contribution in [0.15, 0.2) is 10.9 Å². The second kappa shape index (κ2) is 3.58. The number of nitrogens with one attached hydrogen (secondary N) is 1. The molecule has 1 aromatic heterocycles. The number of halogens is 4. The van der Waals surface area contributed by atoms with Crippen molar-refractivity contribution in [2.24, 2.45) is 0 Å². The molecule has 0 fully saturated rings. The normalized spacial score (nSPS) is 11.5. The van der Waals surface area contributed by atoms with E-state index in [1.807, 2.05) is 0 Å². The molecule has 0 saturated carbocycles. The smallest absolute Gasteiger partial charge is 0.421 e. The molecule has 0 bridgehead atoms. The van der Waals surface area contributed by atoms with Crippen LogP contribution < -0.4 is 5.56 Å². The predicted octanol–water partition coefficient (Wildman–Crippen LogP) is 1.75. The van der Waals surface area contributed by atoms with E-state index >= 15 is 0 Å². The third kappa shape index (κ3) is 2.30. The number of hydrogen-bond donors (Lipinski definition) is 2. The Hall–Kier alpha value is -1.50. The third-order valence-electron chi connectivity index (χ3n) is 1.51. The summed E-state index contributed by atoms with van der Waals surface area (Å²) in [6.45, 7) is 0. The quantitative estimate of drug-likeness (QED) is 0.787. The zero-order valence-corrected chi connectivity index (χ0v) is 7.61. The Bertz CT molecular complexity index is 466. The first-order valence-electron chi connectivity index (χ1n) is 3.47. The number of carboxylic acid groups (broad SMARTS) is 1. The summed E-state index contributed by atoms with van der Waals surface area (Å²) in [5.74, 6) is -1.61. The highest BCUT2D eigenvalue weighted by atomic mass is 35.5. The van der Waals surface area contributed by atoms with Gasteiger partial charge in [0.15, 0.2) is 0 Å². The lowest BCUT2D eigenvalue weighted by molar-refractivity contribution is -0.138. The highest BCUT2D eigenvalue weighted by Gasteiger charge is 2.35. The summed E-state index contributed by atoms with van der Waals surface area (Å²) in [4.78, 5) is 22.8. The third-order valence-corrected chi connectivity index (χ3v) is 1.81. The number of pyridine rings is 1. The van der Waals surface area contributed by atoms with Crippen molar-refractivity contribution in [3.05, 3.63) is 32.7 Å². The van der Waals surface area contributed by atoms with Crippen LogP contribution in [0.1, 0.15) is 16.1 Å². The van der Waals surface area contributed by atoms with Gasteiger partial charge in [-0.2, -0.15) is 13.2 Å². The zero-order chi connectivity index (χ0) is 11.8. The van der Waals surface area contributed by atoms with Crippen LogP contribution in [0.5, 0.6) is 0 Å². The minimum absolute atomic E-state index is 0.282. The van der Waals surface area contributed by atoms with Gasteiger partial charge in [-0.15, -0.1) is 0 Å². The summed E-state index contributed by atoms with van der Waals surface area (Å²) in [6.07, 6.45) is -4.87. The molecule has 0 aromatic carbocycles. The van der Waals surface area contributed by atoms with Crippen molar-refractivity contribution in [3.8, 4) is 0 Å². The van der Waals surface area contributed by atoms with Gasteiger partial charge in [-0.25, -0.2) is 4.79 Å². The van der Waals surface area contributed by atoms with Gasteiger partial charge in [-0.3, -0.25) is 4.79 Å². The van der Waals surface area contributed by atoms with Crippen LogP contribution >= 0.6 is 11.6 Å². The fourth-order valence-corrected chi connectivity index (χ4v) is 1.11. The Kier molecular flexibility index (Phi) is 2.76. The molecular weight excluding hydrogens is 239 g/mol. The van der Waals surface area contributed by atoms with Crippen molar-refractivity contribution in [1.82, 2.24) is 4.98 Å². The minimum Gasteiger partial charge on any atom is -0.477 e. The fraction of sp³-hybridized carbons (Fsp3) is 0.143. The molecule has 0 radical (unpaired) electrons. The van der Waals surface area contributed by atoms with Gasteiger partial charge in [0.05, 0.1) is 5.02 Å². The summed E-state index contributed by atoms with van der Waals surface area (Å²) in [5, 5.41) is 7.78. The van der Waals surface area contributed by atoms with E-state index in [2.05, 4.69) is 0 Å². The number of carbonyl (C=O) groups is 1. The summed E-state index contributed by atoms with van der Waals surface area (Å²) in [5.41, 5.74) is -3.84.